The maximum atomic E-state index is 14.2. The van der Waals surface area contributed by atoms with E-state index in [0.717, 1.165) is 6.07 Å². The summed E-state index contributed by atoms with van der Waals surface area (Å²) in [6.45, 7) is 1.35. The van der Waals surface area contributed by atoms with Crippen LogP contribution in [0.15, 0.2) is 18.2 Å². The van der Waals surface area contributed by atoms with Crippen molar-refractivity contribution in [2.45, 2.75) is 25.3 Å². The molecule has 2 heterocycles. The van der Waals surface area contributed by atoms with E-state index in [1.54, 1.807) is 0 Å². The van der Waals surface area contributed by atoms with Crippen molar-refractivity contribution < 1.29 is 23.9 Å². The van der Waals surface area contributed by atoms with Gasteiger partial charge in [0.05, 0.1) is 12.0 Å². The van der Waals surface area contributed by atoms with E-state index in [4.69, 9.17) is 5.11 Å². The Bertz CT molecular complexity index is 694. The van der Waals surface area contributed by atoms with E-state index < -0.39 is 23.7 Å². The van der Waals surface area contributed by atoms with Crippen molar-refractivity contribution in [1.82, 2.24) is 10.2 Å². The summed E-state index contributed by atoms with van der Waals surface area (Å²) < 4.78 is 14.2. The summed E-state index contributed by atoms with van der Waals surface area (Å²) in [4.78, 5) is 38.2. The first kappa shape index (κ1) is 16.2. The molecule has 0 radical (unpaired) electrons. The second-order valence-corrected chi connectivity index (χ2v) is 5.94. The van der Waals surface area contributed by atoms with Crippen LogP contribution in [0.5, 0.6) is 0 Å². The van der Waals surface area contributed by atoms with Gasteiger partial charge in [0.1, 0.15) is 5.82 Å². The van der Waals surface area contributed by atoms with Gasteiger partial charge in [-0.3, -0.25) is 14.5 Å². The third-order valence-corrected chi connectivity index (χ3v) is 4.40. The normalized spacial score (nSPS) is 20.4. The highest BCUT2D eigenvalue weighted by atomic mass is 19.1. The maximum absolute atomic E-state index is 14.2. The van der Waals surface area contributed by atoms with Crippen molar-refractivity contribution >= 4 is 23.6 Å². The second kappa shape index (κ2) is 6.46. The molecule has 1 aromatic rings. The lowest BCUT2D eigenvalue weighted by molar-refractivity contribution is -0.137. The highest BCUT2D eigenvalue weighted by Crippen LogP contribution is 2.26. The molecular weight excluding hydrogens is 317 g/mol. The third-order valence-electron chi connectivity index (χ3n) is 4.40. The lowest BCUT2D eigenvalue weighted by atomic mass is 10.1. The number of benzene rings is 1. The smallest absolute Gasteiger partial charge is 0.321 e. The Labute approximate surface area is 138 Å². The highest BCUT2D eigenvalue weighted by molar-refractivity contribution is 5.99. The summed E-state index contributed by atoms with van der Waals surface area (Å²) in [6.07, 6.45) is 1.13. The molecule has 0 bridgehead atoms. The third kappa shape index (κ3) is 3.04. The number of aliphatic carboxylic acids is 1. The number of nitrogens with zero attached hydrogens (tertiary/aromatic N) is 2. The standard InChI is InChI=1S/C16H18FN3O4/c17-13-4-3-11(20-7-5-18-16(20)24)8-12(13)15(23)19-6-1-2-10(19)9-14(21)22/h3-4,8,10H,1-2,5-7,9H2,(H,18,24)(H,21,22). The lowest BCUT2D eigenvalue weighted by Crippen LogP contribution is -2.37. The number of likely N-dealkylation sites (tertiary alicyclic amines) is 1. The summed E-state index contributed by atoms with van der Waals surface area (Å²) in [5.74, 6) is -2.19. The van der Waals surface area contributed by atoms with Gasteiger partial charge in [0.15, 0.2) is 0 Å². The van der Waals surface area contributed by atoms with Crippen molar-refractivity contribution in [3.63, 3.8) is 0 Å². The van der Waals surface area contributed by atoms with E-state index in [2.05, 4.69) is 5.32 Å². The lowest BCUT2D eigenvalue weighted by Gasteiger charge is -2.24. The quantitative estimate of drug-likeness (QED) is 0.871. The minimum atomic E-state index is -0.984. The number of hydrogen-bond donors (Lipinski definition) is 2. The molecule has 8 heteroatoms. The maximum Gasteiger partial charge on any atom is 0.321 e. The number of carbonyl (C=O) groups excluding carboxylic acids is 2. The van der Waals surface area contributed by atoms with E-state index in [0.29, 0.717) is 38.2 Å². The Balaban J connectivity index is 1.86. The average molecular weight is 335 g/mol. The van der Waals surface area contributed by atoms with Gasteiger partial charge in [-0.1, -0.05) is 0 Å². The Hall–Kier alpha value is -2.64. The zero-order valence-electron chi connectivity index (χ0n) is 13.0. The first-order chi connectivity index (χ1) is 11.5. The van der Waals surface area contributed by atoms with E-state index in [-0.39, 0.29) is 18.0 Å². The zero-order chi connectivity index (χ0) is 17.3. The number of halogens is 1. The number of carboxylic acid groups (broad SMARTS) is 1. The van der Waals surface area contributed by atoms with Gasteiger partial charge in [-0.05, 0) is 31.0 Å². The SMILES string of the molecule is O=C(O)CC1CCCN1C(=O)c1cc(N2CCNC2=O)ccc1F. The van der Waals surface area contributed by atoms with Crippen LogP contribution in [0.3, 0.4) is 0 Å². The van der Waals surface area contributed by atoms with Gasteiger partial charge in [-0.25, -0.2) is 9.18 Å². The Morgan fingerprint density at radius 1 is 1.33 bits per heavy atom. The summed E-state index contributed by atoms with van der Waals surface area (Å²) in [7, 11) is 0. The summed E-state index contributed by atoms with van der Waals surface area (Å²) in [5.41, 5.74) is 0.313. The van der Waals surface area contributed by atoms with E-state index in [1.807, 2.05) is 0 Å². The van der Waals surface area contributed by atoms with Crippen LogP contribution in [-0.4, -0.2) is 53.6 Å². The molecule has 2 N–H and O–H groups in total. The fraction of sp³-hybridized carbons (Fsp3) is 0.438. The number of urea groups is 1. The van der Waals surface area contributed by atoms with Crippen molar-refractivity contribution in [2.75, 3.05) is 24.5 Å². The molecule has 3 amide bonds. The van der Waals surface area contributed by atoms with Crippen molar-refractivity contribution in [1.29, 1.82) is 0 Å². The predicted octanol–water partition coefficient (Wildman–Crippen LogP) is 1.43. The zero-order valence-corrected chi connectivity index (χ0v) is 13.0. The minimum Gasteiger partial charge on any atom is -0.481 e. The molecule has 2 fully saturated rings. The van der Waals surface area contributed by atoms with E-state index in [1.165, 1.54) is 21.9 Å². The van der Waals surface area contributed by atoms with Crippen LogP contribution in [0.25, 0.3) is 0 Å². The number of amides is 3. The fourth-order valence-electron chi connectivity index (χ4n) is 3.23. The van der Waals surface area contributed by atoms with Crippen LogP contribution >= 0.6 is 0 Å². The fourth-order valence-corrected chi connectivity index (χ4v) is 3.23. The molecule has 0 spiro atoms. The second-order valence-electron chi connectivity index (χ2n) is 5.94. The Morgan fingerprint density at radius 2 is 2.12 bits per heavy atom. The van der Waals surface area contributed by atoms with Crippen molar-refractivity contribution in [3.8, 4) is 0 Å². The predicted molar refractivity (Wildman–Crippen MR) is 83.5 cm³/mol. The molecule has 1 atom stereocenters. The molecule has 7 nitrogen and oxygen atoms in total. The molecule has 3 rings (SSSR count). The molecule has 24 heavy (non-hydrogen) atoms. The monoisotopic (exact) mass is 335 g/mol. The highest BCUT2D eigenvalue weighted by Gasteiger charge is 2.33. The van der Waals surface area contributed by atoms with Gasteiger partial charge in [-0.2, -0.15) is 0 Å². The van der Waals surface area contributed by atoms with Crippen LogP contribution in [0.4, 0.5) is 14.9 Å². The molecule has 2 saturated heterocycles. The van der Waals surface area contributed by atoms with Crippen molar-refractivity contribution in [2.24, 2.45) is 0 Å². The average Bonchev–Trinajstić information content (AvgIpc) is 3.15. The molecule has 1 aromatic carbocycles. The molecule has 2 aliphatic heterocycles. The van der Waals surface area contributed by atoms with Gasteiger partial charge in [0, 0.05) is 31.4 Å². The number of hydrogen-bond acceptors (Lipinski definition) is 3. The van der Waals surface area contributed by atoms with Crippen LogP contribution in [0.1, 0.15) is 29.6 Å². The number of nitrogens with one attached hydrogen (secondary N) is 1. The van der Waals surface area contributed by atoms with Gasteiger partial charge < -0.3 is 15.3 Å². The van der Waals surface area contributed by atoms with Crippen molar-refractivity contribution in [3.05, 3.63) is 29.6 Å². The molecule has 1 unspecified atom stereocenters. The van der Waals surface area contributed by atoms with Crippen LogP contribution in [-0.2, 0) is 4.79 Å². The number of anilines is 1. The van der Waals surface area contributed by atoms with E-state index in [9.17, 15) is 18.8 Å². The molecule has 0 aromatic heterocycles. The van der Waals surface area contributed by atoms with Crippen LogP contribution < -0.4 is 10.2 Å². The number of carbonyl (C=O) groups is 3. The van der Waals surface area contributed by atoms with Gasteiger partial charge in [-0.15, -0.1) is 0 Å². The van der Waals surface area contributed by atoms with Gasteiger partial charge >= 0.3 is 12.0 Å². The Morgan fingerprint density at radius 3 is 2.79 bits per heavy atom. The number of rotatable bonds is 4. The molecule has 0 aliphatic carbocycles. The summed E-state index contributed by atoms with van der Waals surface area (Å²) >= 11 is 0. The van der Waals surface area contributed by atoms with Crippen LogP contribution in [0, 0.1) is 5.82 Å². The van der Waals surface area contributed by atoms with Gasteiger partial charge in [0.25, 0.3) is 5.91 Å². The Kier molecular flexibility index (Phi) is 4.37. The first-order valence-electron chi connectivity index (χ1n) is 7.85. The summed E-state index contributed by atoms with van der Waals surface area (Å²) in [5, 5.41) is 11.6. The molecular formula is C16H18FN3O4. The number of carboxylic acids is 1. The van der Waals surface area contributed by atoms with E-state index >= 15 is 0 Å². The summed E-state index contributed by atoms with van der Waals surface area (Å²) in [6, 6.07) is 3.27. The molecule has 2 aliphatic rings. The van der Waals surface area contributed by atoms with Gasteiger partial charge in [0.2, 0.25) is 0 Å². The molecule has 128 valence electrons. The minimum absolute atomic E-state index is 0.135. The largest absolute Gasteiger partial charge is 0.481 e. The topological polar surface area (TPSA) is 89.9 Å². The molecule has 0 saturated carbocycles. The van der Waals surface area contributed by atoms with Crippen LogP contribution in [0.2, 0.25) is 0 Å². The first-order valence-corrected chi connectivity index (χ1v) is 7.85.